The van der Waals surface area contributed by atoms with Gasteiger partial charge in [-0.05, 0) is 30.7 Å². The molecule has 8 nitrogen and oxygen atoms in total. The van der Waals surface area contributed by atoms with Gasteiger partial charge in [0, 0.05) is 59.5 Å². The molecule has 1 fully saturated rings. The number of halogens is 1. The van der Waals surface area contributed by atoms with Crippen molar-refractivity contribution in [1.29, 1.82) is 0 Å². The van der Waals surface area contributed by atoms with Gasteiger partial charge < -0.3 is 20.3 Å². The lowest BCUT2D eigenvalue weighted by Gasteiger charge is -2.33. The Bertz CT molecular complexity index is 662. The SMILES string of the molecule is CN=C(NCCNS(=O)(=O)c1cccs1)NC1CCN(CCCOC)CC1.I. The summed E-state index contributed by atoms with van der Waals surface area (Å²) in [6.45, 7) is 4.81. The number of nitrogens with one attached hydrogen (secondary N) is 3. The normalized spacial score (nSPS) is 16.6. The zero-order chi connectivity index (χ0) is 19.5. The van der Waals surface area contributed by atoms with Gasteiger partial charge in [-0.2, -0.15) is 0 Å². The molecule has 0 saturated carbocycles. The zero-order valence-electron chi connectivity index (χ0n) is 16.5. The maximum Gasteiger partial charge on any atom is 0.250 e. The first-order valence-corrected chi connectivity index (χ1v) is 11.6. The second kappa shape index (κ2) is 13.7. The summed E-state index contributed by atoms with van der Waals surface area (Å²) >= 11 is 1.21. The minimum absolute atomic E-state index is 0. The molecule has 0 amide bonds. The van der Waals surface area contributed by atoms with E-state index in [0.29, 0.717) is 29.3 Å². The molecule has 1 aromatic heterocycles. The van der Waals surface area contributed by atoms with Crippen LogP contribution < -0.4 is 15.4 Å². The lowest BCUT2D eigenvalue weighted by molar-refractivity contribution is 0.155. The summed E-state index contributed by atoms with van der Waals surface area (Å²) < 4.78 is 32.2. The van der Waals surface area contributed by atoms with Crippen molar-refractivity contribution in [2.24, 2.45) is 4.99 Å². The first kappa shape index (κ1) is 25.6. The number of thiophene rings is 1. The molecule has 0 atom stereocenters. The minimum atomic E-state index is -3.41. The van der Waals surface area contributed by atoms with E-state index >= 15 is 0 Å². The second-order valence-electron chi connectivity index (χ2n) is 6.44. The second-order valence-corrected chi connectivity index (χ2v) is 9.38. The molecule has 1 aliphatic rings. The number of methoxy groups -OCH3 is 1. The average molecular weight is 546 g/mol. The molecule has 0 aliphatic carbocycles. The van der Waals surface area contributed by atoms with Crippen molar-refractivity contribution < 1.29 is 13.2 Å². The molecule has 11 heteroatoms. The molecule has 1 saturated heterocycles. The van der Waals surface area contributed by atoms with E-state index in [9.17, 15) is 8.42 Å². The Kier molecular flexibility index (Phi) is 12.5. The van der Waals surface area contributed by atoms with Crippen LogP contribution in [0.2, 0.25) is 0 Å². The largest absolute Gasteiger partial charge is 0.385 e. The first-order chi connectivity index (χ1) is 13.0. The van der Waals surface area contributed by atoms with Gasteiger partial charge in [0.25, 0.3) is 0 Å². The number of ether oxygens (including phenoxy) is 1. The van der Waals surface area contributed by atoms with Gasteiger partial charge in [-0.15, -0.1) is 35.3 Å². The van der Waals surface area contributed by atoms with E-state index < -0.39 is 10.0 Å². The third-order valence-electron chi connectivity index (χ3n) is 4.44. The molecule has 0 radical (unpaired) electrons. The Hall–Kier alpha value is -0.470. The van der Waals surface area contributed by atoms with E-state index in [2.05, 4.69) is 25.2 Å². The highest BCUT2D eigenvalue weighted by Crippen LogP contribution is 2.14. The smallest absolute Gasteiger partial charge is 0.250 e. The number of piperidine rings is 1. The van der Waals surface area contributed by atoms with E-state index in [-0.39, 0.29) is 24.0 Å². The standard InChI is InChI=1S/C17H31N5O3S2.HI/c1-18-17(19-8-9-20-27(23,24)16-5-3-14-26-16)21-15-6-11-22(12-7-15)10-4-13-25-2;/h3,5,14-15,20H,4,6-13H2,1-2H3,(H2,18,19,21);1H. The zero-order valence-corrected chi connectivity index (χ0v) is 20.5. The number of hydrogen-bond acceptors (Lipinski definition) is 6. The lowest BCUT2D eigenvalue weighted by atomic mass is 10.1. The van der Waals surface area contributed by atoms with E-state index in [1.807, 2.05) is 0 Å². The van der Waals surface area contributed by atoms with E-state index in [1.54, 1.807) is 31.7 Å². The Morgan fingerprint density at radius 1 is 1.36 bits per heavy atom. The molecule has 3 N–H and O–H groups in total. The van der Waals surface area contributed by atoms with Crippen molar-refractivity contribution in [2.75, 3.05) is 53.5 Å². The summed E-state index contributed by atoms with van der Waals surface area (Å²) in [5, 5.41) is 8.36. The fourth-order valence-electron chi connectivity index (χ4n) is 2.98. The van der Waals surface area contributed by atoms with E-state index in [0.717, 1.165) is 45.5 Å². The number of sulfonamides is 1. The number of aliphatic imine (C=N–C) groups is 1. The van der Waals surface area contributed by atoms with Gasteiger partial charge in [0.05, 0.1) is 0 Å². The number of guanidine groups is 1. The molecular formula is C17H32IN5O3S2. The van der Waals surface area contributed by atoms with Crippen molar-refractivity contribution in [1.82, 2.24) is 20.3 Å². The van der Waals surface area contributed by atoms with Crippen molar-refractivity contribution in [2.45, 2.75) is 29.5 Å². The molecular weight excluding hydrogens is 513 g/mol. The molecule has 2 rings (SSSR count). The maximum absolute atomic E-state index is 12.1. The molecule has 2 heterocycles. The molecule has 0 unspecified atom stereocenters. The van der Waals surface area contributed by atoms with Crippen LogP contribution in [0.5, 0.6) is 0 Å². The van der Waals surface area contributed by atoms with Gasteiger partial charge in [0.1, 0.15) is 4.21 Å². The molecule has 0 aromatic carbocycles. The van der Waals surface area contributed by atoms with Crippen LogP contribution in [0.25, 0.3) is 0 Å². The topological polar surface area (TPSA) is 95.1 Å². The quantitative estimate of drug-likeness (QED) is 0.178. The van der Waals surface area contributed by atoms with Crippen LogP contribution in [-0.2, 0) is 14.8 Å². The number of hydrogen-bond donors (Lipinski definition) is 3. The van der Waals surface area contributed by atoms with Crippen LogP contribution in [0.4, 0.5) is 0 Å². The third-order valence-corrected chi connectivity index (χ3v) is 7.30. The van der Waals surface area contributed by atoms with Crippen LogP contribution >= 0.6 is 35.3 Å². The van der Waals surface area contributed by atoms with Gasteiger partial charge in [0.15, 0.2) is 5.96 Å². The first-order valence-electron chi connectivity index (χ1n) is 9.27. The number of rotatable bonds is 10. The van der Waals surface area contributed by atoms with Crippen LogP contribution in [0.3, 0.4) is 0 Å². The Balaban J connectivity index is 0.00000392. The molecule has 0 spiro atoms. The lowest BCUT2D eigenvalue weighted by Crippen LogP contribution is -2.49. The van der Waals surface area contributed by atoms with Gasteiger partial charge in [-0.3, -0.25) is 4.99 Å². The maximum atomic E-state index is 12.1. The van der Waals surface area contributed by atoms with E-state index in [1.165, 1.54) is 11.3 Å². The molecule has 1 aromatic rings. The predicted molar refractivity (Wildman–Crippen MR) is 125 cm³/mol. The summed E-state index contributed by atoms with van der Waals surface area (Å²) in [4.78, 5) is 6.70. The van der Waals surface area contributed by atoms with Crippen molar-refractivity contribution in [3.05, 3.63) is 17.5 Å². The van der Waals surface area contributed by atoms with Crippen molar-refractivity contribution in [3.63, 3.8) is 0 Å². The summed E-state index contributed by atoms with van der Waals surface area (Å²) in [5.41, 5.74) is 0. The van der Waals surface area contributed by atoms with Gasteiger partial charge >= 0.3 is 0 Å². The van der Waals surface area contributed by atoms with Gasteiger partial charge in [-0.1, -0.05) is 6.07 Å². The summed E-state index contributed by atoms with van der Waals surface area (Å²) in [6.07, 6.45) is 3.20. The minimum Gasteiger partial charge on any atom is -0.385 e. The Morgan fingerprint density at radius 2 is 2.11 bits per heavy atom. The number of likely N-dealkylation sites (tertiary alicyclic amines) is 1. The van der Waals surface area contributed by atoms with Crippen LogP contribution in [0, 0.1) is 0 Å². The predicted octanol–water partition coefficient (Wildman–Crippen LogP) is 1.31. The van der Waals surface area contributed by atoms with Gasteiger partial charge in [-0.25, -0.2) is 13.1 Å². The van der Waals surface area contributed by atoms with Crippen LogP contribution in [0.15, 0.2) is 26.7 Å². The van der Waals surface area contributed by atoms with Crippen molar-refractivity contribution in [3.8, 4) is 0 Å². The average Bonchev–Trinajstić information content (AvgIpc) is 3.21. The summed E-state index contributed by atoms with van der Waals surface area (Å²) in [5.74, 6) is 0.711. The van der Waals surface area contributed by atoms with Crippen molar-refractivity contribution >= 4 is 51.3 Å². The van der Waals surface area contributed by atoms with Crippen LogP contribution in [0.1, 0.15) is 19.3 Å². The van der Waals surface area contributed by atoms with E-state index in [4.69, 9.17) is 4.74 Å². The number of nitrogens with zero attached hydrogens (tertiary/aromatic N) is 2. The Morgan fingerprint density at radius 3 is 2.71 bits per heavy atom. The molecule has 0 bridgehead atoms. The highest BCUT2D eigenvalue weighted by Gasteiger charge is 2.19. The highest BCUT2D eigenvalue weighted by molar-refractivity contribution is 14.0. The Labute approximate surface area is 189 Å². The third kappa shape index (κ3) is 8.91. The molecule has 162 valence electrons. The fourth-order valence-corrected chi connectivity index (χ4v) is 5.04. The molecule has 28 heavy (non-hydrogen) atoms. The molecule has 1 aliphatic heterocycles. The fraction of sp³-hybridized carbons (Fsp3) is 0.706. The van der Waals surface area contributed by atoms with Crippen LogP contribution in [-0.4, -0.2) is 78.8 Å². The summed E-state index contributed by atoms with van der Waals surface area (Å²) in [7, 11) is 0.0543. The van der Waals surface area contributed by atoms with Gasteiger partial charge in [0.2, 0.25) is 10.0 Å². The highest BCUT2D eigenvalue weighted by atomic mass is 127. The summed E-state index contributed by atoms with van der Waals surface area (Å²) in [6, 6.07) is 3.71. The monoisotopic (exact) mass is 545 g/mol.